The number of esters is 1. The van der Waals surface area contributed by atoms with Crippen molar-refractivity contribution in [1.29, 1.82) is 0 Å². The molecular weight excluding hydrogens is 326 g/mol. The number of nitrogens with one attached hydrogen (secondary N) is 1. The Kier molecular flexibility index (Phi) is 4.42. The predicted octanol–water partition coefficient (Wildman–Crippen LogP) is 2.06. The molecular formula is C17H21N3O5. The van der Waals surface area contributed by atoms with Crippen LogP contribution in [0, 0.1) is 5.92 Å². The Bertz CT molecular complexity index is 616. The minimum atomic E-state index is -0.617. The van der Waals surface area contributed by atoms with Crippen LogP contribution >= 0.6 is 0 Å². The van der Waals surface area contributed by atoms with Gasteiger partial charge in [-0.3, -0.25) is 9.78 Å². The number of hydrogen-bond acceptors (Lipinski definition) is 8. The van der Waals surface area contributed by atoms with Crippen molar-refractivity contribution in [2.75, 3.05) is 5.32 Å². The van der Waals surface area contributed by atoms with Gasteiger partial charge < -0.3 is 19.5 Å². The molecule has 3 atom stereocenters. The fraction of sp³-hybridized carbons (Fsp3) is 0.647. The van der Waals surface area contributed by atoms with Crippen LogP contribution in [0.15, 0.2) is 18.6 Å². The van der Waals surface area contributed by atoms with Crippen molar-refractivity contribution in [3.05, 3.63) is 18.6 Å². The number of carbonyl (C=O) groups excluding carboxylic acids is 2. The number of rotatable bonds is 4. The molecule has 1 aromatic heterocycles. The summed E-state index contributed by atoms with van der Waals surface area (Å²) in [6, 6.07) is 0.305. The lowest BCUT2D eigenvalue weighted by Crippen LogP contribution is -2.32. The van der Waals surface area contributed by atoms with Crippen LogP contribution in [0.3, 0.4) is 0 Å². The molecule has 25 heavy (non-hydrogen) atoms. The van der Waals surface area contributed by atoms with Gasteiger partial charge in [-0.2, -0.15) is 0 Å². The van der Waals surface area contributed by atoms with Crippen molar-refractivity contribution >= 4 is 17.9 Å². The summed E-state index contributed by atoms with van der Waals surface area (Å²) in [7, 11) is 0. The Balaban J connectivity index is 1.21. The van der Waals surface area contributed by atoms with E-state index in [0.29, 0.717) is 18.9 Å². The molecule has 2 heterocycles. The van der Waals surface area contributed by atoms with Crippen molar-refractivity contribution in [2.24, 2.45) is 5.92 Å². The summed E-state index contributed by atoms with van der Waals surface area (Å²) < 4.78 is 15.7. The van der Waals surface area contributed by atoms with Gasteiger partial charge in [0.2, 0.25) is 0 Å². The molecule has 2 saturated carbocycles. The van der Waals surface area contributed by atoms with Crippen LogP contribution < -0.4 is 5.32 Å². The summed E-state index contributed by atoms with van der Waals surface area (Å²) in [4.78, 5) is 31.7. The van der Waals surface area contributed by atoms with Gasteiger partial charge in [-0.1, -0.05) is 0 Å². The molecule has 1 unspecified atom stereocenters. The van der Waals surface area contributed by atoms with E-state index in [9.17, 15) is 9.59 Å². The van der Waals surface area contributed by atoms with E-state index in [4.69, 9.17) is 14.2 Å². The SMILES string of the molecule is O=C1O[C@H]2CC(OC(=O)C3CCC(Nc4cnccn4)CC3)C[C@H]2O1. The zero-order valence-electron chi connectivity index (χ0n) is 13.8. The van der Waals surface area contributed by atoms with E-state index in [0.717, 1.165) is 31.5 Å². The van der Waals surface area contributed by atoms with Crippen molar-refractivity contribution in [1.82, 2.24) is 9.97 Å². The van der Waals surface area contributed by atoms with Crippen LogP contribution in [-0.2, 0) is 19.0 Å². The van der Waals surface area contributed by atoms with Crippen LogP contribution in [0.25, 0.3) is 0 Å². The van der Waals surface area contributed by atoms with E-state index >= 15 is 0 Å². The van der Waals surface area contributed by atoms with Crippen molar-refractivity contribution in [3.8, 4) is 0 Å². The Hall–Kier alpha value is -2.38. The average Bonchev–Trinajstić information content (AvgIpc) is 3.13. The van der Waals surface area contributed by atoms with Gasteiger partial charge >= 0.3 is 12.1 Å². The zero-order chi connectivity index (χ0) is 17.2. The number of aromatic nitrogens is 2. The minimum absolute atomic E-state index is 0.0659. The molecule has 4 rings (SSSR count). The molecule has 2 aliphatic carbocycles. The Morgan fingerprint density at radius 1 is 1.12 bits per heavy atom. The highest BCUT2D eigenvalue weighted by Gasteiger charge is 2.46. The monoisotopic (exact) mass is 347 g/mol. The highest BCUT2D eigenvalue weighted by molar-refractivity contribution is 5.73. The first-order valence-electron chi connectivity index (χ1n) is 8.77. The van der Waals surface area contributed by atoms with E-state index in [2.05, 4.69) is 15.3 Å². The number of nitrogens with zero attached hydrogens (tertiary/aromatic N) is 2. The van der Waals surface area contributed by atoms with E-state index in [1.165, 1.54) is 0 Å². The van der Waals surface area contributed by atoms with E-state index in [1.807, 2.05) is 0 Å². The van der Waals surface area contributed by atoms with Gasteiger partial charge in [-0.15, -0.1) is 0 Å². The van der Waals surface area contributed by atoms with Gasteiger partial charge in [0, 0.05) is 31.3 Å². The van der Waals surface area contributed by atoms with Crippen molar-refractivity contribution < 1.29 is 23.8 Å². The molecule has 1 aliphatic heterocycles. The molecule has 8 heteroatoms. The Labute approximate surface area is 145 Å². The second-order valence-electron chi connectivity index (χ2n) is 6.88. The van der Waals surface area contributed by atoms with Gasteiger partial charge in [0.05, 0.1) is 12.1 Å². The number of ether oxygens (including phenoxy) is 3. The lowest BCUT2D eigenvalue weighted by atomic mass is 9.86. The van der Waals surface area contributed by atoms with E-state index in [1.54, 1.807) is 18.6 Å². The van der Waals surface area contributed by atoms with Gasteiger partial charge in [-0.25, -0.2) is 9.78 Å². The largest absolute Gasteiger partial charge is 0.509 e. The molecule has 0 amide bonds. The van der Waals surface area contributed by atoms with Gasteiger partial charge in [0.25, 0.3) is 0 Å². The molecule has 0 spiro atoms. The van der Waals surface area contributed by atoms with Crippen molar-refractivity contribution in [2.45, 2.75) is 62.9 Å². The molecule has 0 bridgehead atoms. The zero-order valence-corrected chi connectivity index (χ0v) is 13.8. The maximum Gasteiger partial charge on any atom is 0.509 e. The molecule has 8 nitrogen and oxygen atoms in total. The maximum absolute atomic E-state index is 12.4. The second kappa shape index (κ2) is 6.85. The molecule has 1 N–H and O–H groups in total. The summed E-state index contributed by atoms with van der Waals surface area (Å²) in [5, 5.41) is 3.35. The average molecular weight is 347 g/mol. The standard InChI is InChI=1S/C17H21N3O5/c21-16(23-12-7-13-14(8-12)25-17(22)24-13)10-1-3-11(4-2-10)20-15-9-18-5-6-19-15/h5-6,9-14H,1-4,7-8H2,(H,19,20)/t10?,11?,12?,13-,14+. The first-order valence-corrected chi connectivity index (χ1v) is 8.77. The lowest BCUT2D eigenvalue weighted by Gasteiger charge is -2.28. The topological polar surface area (TPSA) is 99.6 Å². The van der Waals surface area contributed by atoms with Gasteiger partial charge in [0.1, 0.15) is 24.1 Å². The smallest absolute Gasteiger partial charge is 0.462 e. The highest BCUT2D eigenvalue weighted by atomic mass is 16.8. The molecule has 0 aromatic carbocycles. The summed E-state index contributed by atoms with van der Waals surface area (Å²) in [5.74, 6) is 0.554. The third-order valence-electron chi connectivity index (χ3n) is 5.16. The van der Waals surface area contributed by atoms with Gasteiger partial charge in [-0.05, 0) is 25.7 Å². The predicted molar refractivity (Wildman–Crippen MR) is 85.7 cm³/mol. The maximum atomic E-state index is 12.4. The molecule has 134 valence electrons. The lowest BCUT2D eigenvalue weighted by molar-refractivity contribution is -0.155. The van der Waals surface area contributed by atoms with Gasteiger partial charge in [0.15, 0.2) is 0 Å². The van der Waals surface area contributed by atoms with Crippen LogP contribution in [-0.4, -0.2) is 46.4 Å². The third kappa shape index (κ3) is 3.67. The molecule has 3 fully saturated rings. The Morgan fingerprint density at radius 2 is 1.84 bits per heavy atom. The summed E-state index contributed by atoms with van der Waals surface area (Å²) in [5.41, 5.74) is 0. The minimum Gasteiger partial charge on any atom is -0.462 e. The summed E-state index contributed by atoms with van der Waals surface area (Å²) in [6.45, 7) is 0. The molecule has 1 saturated heterocycles. The third-order valence-corrected chi connectivity index (χ3v) is 5.16. The van der Waals surface area contributed by atoms with Crippen LogP contribution in [0.2, 0.25) is 0 Å². The first kappa shape index (κ1) is 16.1. The second-order valence-corrected chi connectivity index (χ2v) is 6.88. The molecule has 0 radical (unpaired) electrons. The van der Waals surface area contributed by atoms with Crippen molar-refractivity contribution in [3.63, 3.8) is 0 Å². The number of anilines is 1. The quantitative estimate of drug-likeness (QED) is 0.826. The first-order chi connectivity index (χ1) is 12.2. The highest BCUT2D eigenvalue weighted by Crippen LogP contribution is 2.34. The number of hydrogen-bond donors (Lipinski definition) is 1. The summed E-state index contributed by atoms with van der Waals surface area (Å²) in [6.07, 6.45) is 8.08. The normalized spacial score (nSPS) is 33.9. The summed E-state index contributed by atoms with van der Waals surface area (Å²) >= 11 is 0. The number of carbonyl (C=O) groups is 2. The van der Waals surface area contributed by atoms with Crippen LogP contribution in [0.4, 0.5) is 10.6 Å². The van der Waals surface area contributed by atoms with Crippen LogP contribution in [0.1, 0.15) is 38.5 Å². The van der Waals surface area contributed by atoms with E-state index < -0.39 is 6.16 Å². The van der Waals surface area contributed by atoms with E-state index in [-0.39, 0.29) is 30.2 Å². The molecule has 3 aliphatic rings. The fourth-order valence-corrected chi connectivity index (χ4v) is 3.85. The fourth-order valence-electron chi connectivity index (χ4n) is 3.85. The molecule has 1 aromatic rings. The Morgan fingerprint density at radius 3 is 2.48 bits per heavy atom. The van der Waals surface area contributed by atoms with Crippen LogP contribution in [0.5, 0.6) is 0 Å². The number of fused-ring (bicyclic) bond motifs is 1.